The Balaban J connectivity index is 2.36. The van der Waals surface area contributed by atoms with E-state index in [1.54, 1.807) is 0 Å². The number of aliphatic hydroxyl groups excluding tert-OH is 1. The van der Waals surface area contributed by atoms with Gasteiger partial charge in [-0.15, -0.1) is 0 Å². The average molecular weight is 246 g/mol. The van der Waals surface area contributed by atoms with Crippen molar-refractivity contribution >= 4 is 0 Å². The Morgan fingerprint density at radius 2 is 1.47 bits per heavy atom. The zero-order chi connectivity index (χ0) is 12.7. The van der Waals surface area contributed by atoms with Gasteiger partial charge in [-0.2, -0.15) is 13.2 Å². The summed E-state index contributed by atoms with van der Waals surface area (Å²) in [5.74, 6) is 0. The second-order valence-electron chi connectivity index (χ2n) is 4.08. The minimum atomic E-state index is -4.25. The number of alkyl halides is 3. The molecule has 0 unspecified atom stereocenters. The van der Waals surface area contributed by atoms with Crippen LogP contribution in [0.15, 0.2) is 24.3 Å². The molecule has 1 aromatic carbocycles. The lowest BCUT2D eigenvalue weighted by molar-refractivity contribution is -0.137. The SMILES string of the molecule is OCCCCCCc1ccc(C(F)(F)F)cc1. The summed E-state index contributed by atoms with van der Waals surface area (Å²) in [7, 11) is 0. The Kier molecular flexibility index (Phi) is 5.48. The number of aryl methyl sites for hydroxylation is 1. The maximum Gasteiger partial charge on any atom is 0.416 e. The lowest BCUT2D eigenvalue weighted by atomic mass is 10.0. The Morgan fingerprint density at radius 3 is 2.00 bits per heavy atom. The third-order valence-corrected chi connectivity index (χ3v) is 2.65. The quantitative estimate of drug-likeness (QED) is 0.757. The van der Waals surface area contributed by atoms with Gasteiger partial charge in [0.15, 0.2) is 0 Å². The van der Waals surface area contributed by atoms with Gasteiger partial charge in [-0.3, -0.25) is 0 Å². The third kappa shape index (κ3) is 5.22. The highest BCUT2D eigenvalue weighted by molar-refractivity contribution is 5.24. The molecule has 0 aliphatic carbocycles. The largest absolute Gasteiger partial charge is 0.416 e. The van der Waals surface area contributed by atoms with E-state index >= 15 is 0 Å². The van der Waals surface area contributed by atoms with Crippen LogP contribution in [0.2, 0.25) is 0 Å². The number of unbranched alkanes of at least 4 members (excludes halogenated alkanes) is 3. The molecule has 0 heterocycles. The normalized spacial score (nSPS) is 11.8. The Bertz CT molecular complexity index is 316. The summed E-state index contributed by atoms with van der Waals surface area (Å²) in [6, 6.07) is 5.33. The molecule has 96 valence electrons. The first-order chi connectivity index (χ1) is 8.04. The predicted molar refractivity (Wildman–Crippen MR) is 60.7 cm³/mol. The van der Waals surface area contributed by atoms with Gasteiger partial charge in [-0.1, -0.05) is 25.0 Å². The van der Waals surface area contributed by atoms with Gasteiger partial charge in [0.2, 0.25) is 0 Å². The summed E-state index contributed by atoms with van der Waals surface area (Å²) < 4.78 is 36.9. The van der Waals surface area contributed by atoms with Gasteiger partial charge < -0.3 is 5.11 Å². The first-order valence-electron chi connectivity index (χ1n) is 5.81. The summed E-state index contributed by atoms with van der Waals surface area (Å²) in [5.41, 5.74) is 0.337. The topological polar surface area (TPSA) is 20.2 Å². The highest BCUT2D eigenvalue weighted by Gasteiger charge is 2.29. The number of hydrogen-bond donors (Lipinski definition) is 1. The molecule has 0 saturated heterocycles. The lowest BCUT2D eigenvalue weighted by Gasteiger charge is -2.07. The van der Waals surface area contributed by atoms with Gasteiger partial charge in [0, 0.05) is 6.61 Å². The maximum atomic E-state index is 12.3. The van der Waals surface area contributed by atoms with E-state index in [2.05, 4.69) is 0 Å². The van der Waals surface area contributed by atoms with E-state index in [4.69, 9.17) is 5.11 Å². The van der Waals surface area contributed by atoms with Crippen LogP contribution in [0.3, 0.4) is 0 Å². The number of halogens is 3. The van der Waals surface area contributed by atoms with Crippen molar-refractivity contribution in [3.05, 3.63) is 35.4 Å². The van der Waals surface area contributed by atoms with Crippen molar-refractivity contribution in [1.29, 1.82) is 0 Å². The molecule has 17 heavy (non-hydrogen) atoms. The van der Waals surface area contributed by atoms with Gasteiger partial charge >= 0.3 is 6.18 Å². The standard InChI is InChI=1S/C13H17F3O/c14-13(15,16)12-8-6-11(7-9-12)5-3-1-2-4-10-17/h6-9,17H,1-5,10H2. The van der Waals surface area contributed by atoms with E-state index in [0.29, 0.717) is 0 Å². The highest BCUT2D eigenvalue weighted by atomic mass is 19.4. The van der Waals surface area contributed by atoms with Crippen molar-refractivity contribution in [2.45, 2.75) is 38.3 Å². The molecule has 1 N–H and O–H groups in total. The van der Waals surface area contributed by atoms with E-state index in [-0.39, 0.29) is 6.61 Å². The smallest absolute Gasteiger partial charge is 0.396 e. The summed E-state index contributed by atoms with van der Waals surface area (Å²) >= 11 is 0. The minimum absolute atomic E-state index is 0.209. The molecule has 1 nitrogen and oxygen atoms in total. The zero-order valence-corrected chi connectivity index (χ0v) is 9.63. The lowest BCUT2D eigenvalue weighted by Crippen LogP contribution is -2.04. The van der Waals surface area contributed by atoms with Crippen LogP contribution in [0.1, 0.15) is 36.8 Å². The van der Waals surface area contributed by atoms with E-state index < -0.39 is 11.7 Å². The van der Waals surface area contributed by atoms with Crippen molar-refractivity contribution < 1.29 is 18.3 Å². The number of hydrogen-bond acceptors (Lipinski definition) is 1. The Labute approximate surface area is 99.3 Å². The molecule has 0 spiro atoms. The van der Waals surface area contributed by atoms with Crippen LogP contribution in [-0.4, -0.2) is 11.7 Å². The molecule has 1 aromatic rings. The fraction of sp³-hybridized carbons (Fsp3) is 0.538. The van der Waals surface area contributed by atoms with Crippen LogP contribution >= 0.6 is 0 Å². The molecule has 0 aliphatic heterocycles. The van der Waals surface area contributed by atoms with Gasteiger partial charge in [0.25, 0.3) is 0 Å². The molecule has 4 heteroatoms. The van der Waals surface area contributed by atoms with Gasteiger partial charge in [-0.05, 0) is 37.0 Å². The summed E-state index contributed by atoms with van der Waals surface area (Å²) in [4.78, 5) is 0. The van der Waals surface area contributed by atoms with Gasteiger partial charge in [-0.25, -0.2) is 0 Å². The summed E-state index contributed by atoms with van der Waals surface area (Å²) in [6.07, 6.45) is 0.264. The molecule has 0 amide bonds. The van der Waals surface area contributed by atoms with E-state index in [1.165, 1.54) is 12.1 Å². The molecule has 0 radical (unpaired) electrons. The molecule has 0 bridgehead atoms. The second-order valence-corrected chi connectivity index (χ2v) is 4.08. The molecular formula is C13H17F3O. The van der Waals surface area contributed by atoms with Crippen LogP contribution in [-0.2, 0) is 12.6 Å². The van der Waals surface area contributed by atoms with Crippen molar-refractivity contribution in [3.8, 4) is 0 Å². The van der Waals surface area contributed by atoms with Crippen LogP contribution in [0.5, 0.6) is 0 Å². The minimum Gasteiger partial charge on any atom is -0.396 e. The third-order valence-electron chi connectivity index (χ3n) is 2.65. The molecule has 0 atom stereocenters. The first-order valence-corrected chi connectivity index (χ1v) is 5.81. The second kappa shape index (κ2) is 6.64. The molecule has 0 saturated carbocycles. The molecule has 1 rings (SSSR count). The van der Waals surface area contributed by atoms with Crippen molar-refractivity contribution in [1.82, 2.24) is 0 Å². The van der Waals surface area contributed by atoms with Crippen molar-refractivity contribution in [2.24, 2.45) is 0 Å². The predicted octanol–water partition coefficient (Wildman–Crippen LogP) is 3.80. The van der Waals surface area contributed by atoms with Crippen LogP contribution in [0, 0.1) is 0 Å². The number of rotatable bonds is 6. The van der Waals surface area contributed by atoms with E-state index in [9.17, 15) is 13.2 Å². The fourth-order valence-electron chi connectivity index (χ4n) is 1.65. The average Bonchev–Trinajstić information content (AvgIpc) is 2.28. The Hall–Kier alpha value is -1.03. The monoisotopic (exact) mass is 246 g/mol. The number of aliphatic hydroxyl groups is 1. The van der Waals surface area contributed by atoms with E-state index in [0.717, 1.165) is 49.8 Å². The maximum absolute atomic E-state index is 12.3. The zero-order valence-electron chi connectivity index (χ0n) is 9.63. The van der Waals surface area contributed by atoms with E-state index in [1.807, 2.05) is 0 Å². The highest BCUT2D eigenvalue weighted by Crippen LogP contribution is 2.29. The fourth-order valence-corrected chi connectivity index (χ4v) is 1.65. The Morgan fingerprint density at radius 1 is 0.882 bits per heavy atom. The van der Waals surface area contributed by atoms with Gasteiger partial charge in [0.05, 0.1) is 5.56 Å². The first kappa shape index (κ1) is 14.0. The van der Waals surface area contributed by atoms with Gasteiger partial charge in [0.1, 0.15) is 0 Å². The molecular weight excluding hydrogens is 229 g/mol. The molecule has 0 aromatic heterocycles. The van der Waals surface area contributed by atoms with Crippen LogP contribution in [0.4, 0.5) is 13.2 Å². The molecule has 0 fully saturated rings. The van der Waals surface area contributed by atoms with Crippen LogP contribution < -0.4 is 0 Å². The number of benzene rings is 1. The summed E-state index contributed by atoms with van der Waals surface area (Å²) in [6.45, 7) is 0.209. The van der Waals surface area contributed by atoms with Crippen LogP contribution in [0.25, 0.3) is 0 Å². The summed E-state index contributed by atoms with van der Waals surface area (Å²) in [5, 5.41) is 8.58. The van der Waals surface area contributed by atoms with Crippen molar-refractivity contribution in [2.75, 3.05) is 6.61 Å². The molecule has 0 aliphatic rings. The van der Waals surface area contributed by atoms with Crippen molar-refractivity contribution in [3.63, 3.8) is 0 Å².